The van der Waals surface area contributed by atoms with Gasteiger partial charge in [-0.2, -0.15) is 5.26 Å². The van der Waals surface area contributed by atoms with E-state index in [2.05, 4.69) is 18.0 Å². The van der Waals surface area contributed by atoms with E-state index in [9.17, 15) is 5.26 Å². The van der Waals surface area contributed by atoms with Crippen LogP contribution in [0.3, 0.4) is 0 Å². The Morgan fingerprint density at radius 3 is 2.64 bits per heavy atom. The molecule has 2 N–H and O–H groups in total. The second-order valence-electron chi connectivity index (χ2n) is 4.96. The highest BCUT2D eigenvalue weighted by atomic mass is 15.1. The van der Waals surface area contributed by atoms with Crippen LogP contribution in [0, 0.1) is 22.7 Å². The van der Waals surface area contributed by atoms with E-state index in [1.54, 1.807) is 0 Å². The first-order valence-corrected chi connectivity index (χ1v) is 5.53. The third kappa shape index (κ3) is 1.43. The summed E-state index contributed by atoms with van der Waals surface area (Å²) in [4.78, 5) is 2.31. The van der Waals surface area contributed by atoms with Gasteiger partial charge in [0.25, 0.3) is 0 Å². The molecule has 14 heavy (non-hydrogen) atoms. The van der Waals surface area contributed by atoms with Gasteiger partial charge in [-0.25, -0.2) is 0 Å². The Hall–Kier alpha value is -0.590. The zero-order valence-electron chi connectivity index (χ0n) is 8.87. The zero-order chi connectivity index (χ0) is 10.2. The van der Waals surface area contributed by atoms with Crippen LogP contribution in [0.1, 0.15) is 25.7 Å². The van der Waals surface area contributed by atoms with Crippen molar-refractivity contribution in [2.45, 2.75) is 31.7 Å². The quantitative estimate of drug-likeness (QED) is 0.710. The summed E-state index contributed by atoms with van der Waals surface area (Å²) in [6, 6.07) is 2.57. The van der Waals surface area contributed by atoms with E-state index in [4.69, 9.17) is 5.73 Å². The molecule has 2 unspecified atom stereocenters. The topological polar surface area (TPSA) is 53.0 Å². The van der Waals surface area contributed by atoms with Gasteiger partial charge in [0.1, 0.15) is 0 Å². The summed E-state index contributed by atoms with van der Waals surface area (Å²) in [5.74, 6) is 0.542. The molecule has 2 rings (SSSR count). The number of rotatable bonds is 2. The van der Waals surface area contributed by atoms with Crippen LogP contribution >= 0.6 is 0 Å². The predicted molar refractivity (Wildman–Crippen MR) is 55.5 cm³/mol. The van der Waals surface area contributed by atoms with Gasteiger partial charge in [0.15, 0.2) is 0 Å². The van der Waals surface area contributed by atoms with Gasteiger partial charge in [-0.15, -0.1) is 0 Å². The van der Waals surface area contributed by atoms with Crippen LogP contribution in [0.4, 0.5) is 0 Å². The maximum atomic E-state index is 9.19. The molecular formula is C11H19N3. The molecule has 1 saturated heterocycles. The molecule has 0 aromatic heterocycles. The first kappa shape index (κ1) is 9.95. The van der Waals surface area contributed by atoms with Crippen molar-refractivity contribution in [3.63, 3.8) is 0 Å². The molecule has 3 nitrogen and oxygen atoms in total. The summed E-state index contributed by atoms with van der Waals surface area (Å²) in [7, 11) is 2.13. The summed E-state index contributed by atoms with van der Waals surface area (Å²) in [6.07, 6.45) is 4.39. The molecule has 0 bridgehead atoms. The molecular weight excluding hydrogens is 174 g/mol. The lowest BCUT2D eigenvalue weighted by Crippen LogP contribution is -2.50. The number of hydrogen-bond acceptors (Lipinski definition) is 3. The molecule has 78 valence electrons. The SMILES string of the molecule is CN1CCC(C(N)C2(C#N)CCC2)C1. The fraction of sp³-hybridized carbons (Fsp3) is 0.909. The molecule has 0 amide bonds. The Morgan fingerprint density at radius 1 is 1.57 bits per heavy atom. The lowest BCUT2D eigenvalue weighted by Gasteiger charge is -2.42. The van der Waals surface area contributed by atoms with E-state index in [-0.39, 0.29) is 11.5 Å². The van der Waals surface area contributed by atoms with Crippen LogP contribution in [0.25, 0.3) is 0 Å². The van der Waals surface area contributed by atoms with E-state index in [1.807, 2.05) is 0 Å². The van der Waals surface area contributed by atoms with Crippen LogP contribution in [-0.4, -0.2) is 31.1 Å². The number of hydrogen-bond donors (Lipinski definition) is 1. The molecule has 0 radical (unpaired) electrons. The highest BCUT2D eigenvalue weighted by Crippen LogP contribution is 2.45. The summed E-state index contributed by atoms with van der Waals surface area (Å²) in [5, 5.41) is 9.19. The van der Waals surface area contributed by atoms with E-state index in [1.165, 1.54) is 12.8 Å². The summed E-state index contributed by atoms with van der Waals surface area (Å²) in [5.41, 5.74) is 6.07. The monoisotopic (exact) mass is 193 g/mol. The molecule has 0 spiro atoms. The Bertz CT molecular complexity index is 252. The minimum absolute atomic E-state index is 0.103. The van der Waals surface area contributed by atoms with E-state index in [0.717, 1.165) is 25.9 Å². The van der Waals surface area contributed by atoms with Crippen molar-refractivity contribution >= 4 is 0 Å². The number of nitrogens with zero attached hydrogens (tertiary/aromatic N) is 2. The van der Waals surface area contributed by atoms with Gasteiger partial charge in [-0.3, -0.25) is 0 Å². The van der Waals surface area contributed by atoms with E-state index >= 15 is 0 Å². The van der Waals surface area contributed by atoms with Crippen molar-refractivity contribution in [2.75, 3.05) is 20.1 Å². The minimum atomic E-state index is -0.171. The number of nitriles is 1. The van der Waals surface area contributed by atoms with Crippen LogP contribution in [0.2, 0.25) is 0 Å². The molecule has 2 aliphatic rings. The van der Waals surface area contributed by atoms with Crippen molar-refractivity contribution in [3.05, 3.63) is 0 Å². The average Bonchev–Trinajstić information content (AvgIpc) is 2.50. The molecule has 2 fully saturated rings. The molecule has 0 aromatic rings. The third-order valence-corrected chi connectivity index (χ3v) is 4.04. The van der Waals surface area contributed by atoms with Crippen molar-refractivity contribution in [1.82, 2.24) is 4.90 Å². The van der Waals surface area contributed by atoms with Crippen molar-refractivity contribution < 1.29 is 0 Å². The molecule has 1 heterocycles. The molecule has 1 saturated carbocycles. The molecule has 3 heteroatoms. The highest BCUT2D eigenvalue weighted by Gasteiger charge is 2.46. The van der Waals surface area contributed by atoms with E-state index < -0.39 is 0 Å². The second-order valence-corrected chi connectivity index (χ2v) is 4.96. The van der Waals surface area contributed by atoms with Crippen LogP contribution in [0.5, 0.6) is 0 Å². The largest absolute Gasteiger partial charge is 0.326 e. The Labute approximate surface area is 85.9 Å². The van der Waals surface area contributed by atoms with Crippen molar-refractivity contribution in [2.24, 2.45) is 17.1 Å². The van der Waals surface area contributed by atoms with Gasteiger partial charge >= 0.3 is 0 Å². The first-order valence-electron chi connectivity index (χ1n) is 5.53. The van der Waals surface area contributed by atoms with Gasteiger partial charge in [-0.05, 0) is 38.8 Å². The van der Waals surface area contributed by atoms with Gasteiger partial charge in [0.2, 0.25) is 0 Å². The Balaban J connectivity index is 2.01. The lowest BCUT2D eigenvalue weighted by atomic mass is 9.62. The predicted octanol–water partition coefficient (Wildman–Crippen LogP) is 0.959. The van der Waals surface area contributed by atoms with E-state index in [0.29, 0.717) is 5.92 Å². The minimum Gasteiger partial charge on any atom is -0.326 e. The number of likely N-dealkylation sites (tertiary alicyclic amines) is 1. The van der Waals surface area contributed by atoms with Crippen LogP contribution < -0.4 is 5.73 Å². The second kappa shape index (κ2) is 3.52. The molecule has 2 atom stereocenters. The Kier molecular flexibility index (Phi) is 2.50. The standard InChI is InChI=1S/C11H19N3/c1-14-6-3-9(7-14)10(13)11(8-12)4-2-5-11/h9-10H,2-7,13H2,1H3. The van der Waals surface area contributed by atoms with Crippen molar-refractivity contribution in [1.29, 1.82) is 5.26 Å². The van der Waals surface area contributed by atoms with Crippen molar-refractivity contribution in [3.8, 4) is 6.07 Å². The maximum Gasteiger partial charge on any atom is 0.0727 e. The Morgan fingerprint density at radius 2 is 2.29 bits per heavy atom. The van der Waals surface area contributed by atoms with Crippen LogP contribution in [0.15, 0.2) is 0 Å². The highest BCUT2D eigenvalue weighted by molar-refractivity contribution is 5.12. The van der Waals surface area contributed by atoms with Gasteiger partial charge in [-0.1, -0.05) is 6.42 Å². The van der Waals surface area contributed by atoms with Crippen LogP contribution in [-0.2, 0) is 0 Å². The molecule has 1 aliphatic heterocycles. The van der Waals surface area contributed by atoms with Gasteiger partial charge < -0.3 is 10.6 Å². The number of nitrogens with two attached hydrogens (primary N) is 1. The fourth-order valence-corrected chi connectivity index (χ4v) is 2.79. The normalized spacial score (nSPS) is 33.4. The summed E-state index contributed by atoms with van der Waals surface area (Å²) < 4.78 is 0. The average molecular weight is 193 g/mol. The smallest absolute Gasteiger partial charge is 0.0727 e. The third-order valence-electron chi connectivity index (χ3n) is 4.04. The zero-order valence-corrected chi connectivity index (χ0v) is 8.87. The fourth-order valence-electron chi connectivity index (χ4n) is 2.79. The summed E-state index contributed by atoms with van der Waals surface area (Å²) >= 11 is 0. The maximum absolute atomic E-state index is 9.19. The first-order chi connectivity index (χ1) is 6.68. The lowest BCUT2D eigenvalue weighted by molar-refractivity contribution is 0.130. The van der Waals surface area contributed by atoms with Gasteiger partial charge in [0, 0.05) is 12.6 Å². The molecule has 0 aromatic carbocycles. The summed E-state index contributed by atoms with van der Waals surface area (Å²) in [6.45, 7) is 2.21. The molecule has 1 aliphatic carbocycles. The van der Waals surface area contributed by atoms with Gasteiger partial charge in [0.05, 0.1) is 11.5 Å².